The number of rotatable bonds is 12. The van der Waals surface area contributed by atoms with E-state index in [1.807, 2.05) is 41.8 Å². The van der Waals surface area contributed by atoms with E-state index < -0.39 is 23.7 Å². The van der Waals surface area contributed by atoms with Crippen molar-refractivity contribution in [3.63, 3.8) is 0 Å². The van der Waals surface area contributed by atoms with Gasteiger partial charge in [0.2, 0.25) is 11.8 Å². The fourth-order valence-electron chi connectivity index (χ4n) is 4.84. The molecule has 0 saturated carbocycles. The lowest BCUT2D eigenvalue weighted by Gasteiger charge is -2.25. The number of ether oxygens (including phenoxy) is 1. The van der Waals surface area contributed by atoms with Crippen LogP contribution in [0.25, 0.3) is 0 Å². The Balaban J connectivity index is 1.46. The van der Waals surface area contributed by atoms with Gasteiger partial charge in [-0.15, -0.1) is 23.1 Å². The number of hydrogen-bond donors (Lipinski definition) is 2. The second kappa shape index (κ2) is 17.7. The lowest BCUT2D eigenvalue weighted by atomic mass is 10.0. The van der Waals surface area contributed by atoms with Gasteiger partial charge in [0.1, 0.15) is 33.4 Å². The number of nitrogens with zero attached hydrogens (tertiary/aromatic N) is 2. The maximum atomic E-state index is 13.6. The van der Waals surface area contributed by atoms with Crippen LogP contribution in [0.4, 0.5) is 0 Å². The van der Waals surface area contributed by atoms with Crippen molar-refractivity contribution in [2.45, 2.75) is 95.9 Å². The molecular formula is C33H42N4O5S3. The van der Waals surface area contributed by atoms with Gasteiger partial charge in [-0.1, -0.05) is 80.8 Å². The molecule has 1 unspecified atom stereocenters. The number of thiazole rings is 1. The molecule has 2 N–H and O–H groups in total. The molecule has 0 spiro atoms. The molecule has 0 aliphatic carbocycles. The Morgan fingerprint density at radius 3 is 2.76 bits per heavy atom. The summed E-state index contributed by atoms with van der Waals surface area (Å²) in [5, 5.41) is 9.21. The number of allylic oxidation sites excluding steroid dienone is 1. The number of fused-ring (bicyclic) bond motifs is 4. The number of carbonyl (C=O) groups is 4. The minimum absolute atomic E-state index is 0.0867. The van der Waals surface area contributed by atoms with Crippen molar-refractivity contribution in [1.82, 2.24) is 15.6 Å². The predicted octanol–water partition coefficient (Wildman–Crippen LogP) is 5.62. The van der Waals surface area contributed by atoms with E-state index in [4.69, 9.17) is 9.73 Å². The zero-order valence-electron chi connectivity index (χ0n) is 25.9. The van der Waals surface area contributed by atoms with Crippen molar-refractivity contribution in [3.8, 4) is 0 Å². The molecule has 4 rings (SSSR count). The highest BCUT2D eigenvalue weighted by molar-refractivity contribution is 8.14. The molecule has 9 nitrogen and oxygen atoms in total. The number of aliphatic imine (C=N–C) groups is 1. The first kappa shape index (κ1) is 34.9. The molecule has 12 heteroatoms. The van der Waals surface area contributed by atoms with Crippen LogP contribution in [0.2, 0.25) is 0 Å². The molecule has 0 saturated heterocycles. The monoisotopic (exact) mass is 670 g/mol. The maximum absolute atomic E-state index is 13.6. The fraction of sp³-hybridized carbons (Fsp3) is 0.515. The number of hydrogen-bond acceptors (Lipinski definition) is 10. The second-order valence-electron chi connectivity index (χ2n) is 11.4. The first-order chi connectivity index (χ1) is 21.8. The van der Waals surface area contributed by atoms with Crippen LogP contribution < -0.4 is 10.6 Å². The van der Waals surface area contributed by atoms with E-state index in [0.717, 1.165) is 18.4 Å². The molecule has 2 amide bonds. The lowest BCUT2D eigenvalue weighted by molar-refractivity contribution is -0.152. The van der Waals surface area contributed by atoms with Gasteiger partial charge in [0.05, 0.1) is 13.0 Å². The summed E-state index contributed by atoms with van der Waals surface area (Å²) >= 11 is 4.17. The molecule has 0 radical (unpaired) electrons. The van der Waals surface area contributed by atoms with Gasteiger partial charge in [0, 0.05) is 29.7 Å². The zero-order valence-corrected chi connectivity index (χ0v) is 28.4. The number of amides is 2. The molecule has 3 atom stereocenters. The summed E-state index contributed by atoms with van der Waals surface area (Å²) in [6.45, 7) is 4.16. The summed E-state index contributed by atoms with van der Waals surface area (Å²) < 4.78 is 5.88. The number of benzene rings is 1. The van der Waals surface area contributed by atoms with Gasteiger partial charge in [0.15, 0.2) is 5.12 Å². The molecule has 45 heavy (non-hydrogen) atoms. The summed E-state index contributed by atoms with van der Waals surface area (Å²) in [4.78, 5) is 61.7. The highest BCUT2D eigenvalue weighted by Gasteiger charge is 2.41. The zero-order chi connectivity index (χ0) is 32.1. The average Bonchev–Trinajstić information content (AvgIpc) is 3.67. The number of aromatic nitrogens is 1. The van der Waals surface area contributed by atoms with E-state index in [9.17, 15) is 19.2 Å². The van der Waals surface area contributed by atoms with Crippen molar-refractivity contribution in [2.24, 2.45) is 4.99 Å². The molecule has 2 aromatic rings. The van der Waals surface area contributed by atoms with Crippen LogP contribution in [-0.2, 0) is 36.9 Å². The Labute approximate surface area is 277 Å². The second-order valence-corrected chi connectivity index (χ2v) is 14.4. The van der Waals surface area contributed by atoms with E-state index in [1.165, 1.54) is 54.1 Å². The van der Waals surface area contributed by atoms with E-state index in [2.05, 4.69) is 22.5 Å². The first-order valence-corrected chi connectivity index (χ1v) is 18.4. The van der Waals surface area contributed by atoms with Gasteiger partial charge in [-0.25, -0.2) is 9.78 Å². The van der Waals surface area contributed by atoms with Gasteiger partial charge in [-0.3, -0.25) is 19.4 Å². The van der Waals surface area contributed by atoms with Crippen molar-refractivity contribution in [1.29, 1.82) is 0 Å². The van der Waals surface area contributed by atoms with Gasteiger partial charge in [0.25, 0.3) is 0 Å². The fourth-order valence-corrected chi connectivity index (χ4v) is 7.53. The van der Waals surface area contributed by atoms with Crippen LogP contribution in [0.5, 0.6) is 0 Å². The SMILES string of the molecule is CCCCCCCC(=O)SCC/C=C\[C@@H]1CC(=O)NCc2nc(cs2)C2=N[C@@](C)(CS2)C(=O)NC(Cc2ccccc2)C(=O)O1. The summed E-state index contributed by atoms with van der Waals surface area (Å²) in [6, 6.07) is 8.42. The van der Waals surface area contributed by atoms with Crippen LogP contribution in [0, 0.1) is 0 Å². The van der Waals surface area contributed by atoms with Gasteiger partial charge >= 0.3 is 5.97 Å². The third-order valence-corrected chi connectivity index (χ3v) is 10.5. The maximum Gasteiger partial charge on any atom is 0.329 e. The predicted molar refractivity (Wildman–Crippen MR) is 183 cm³/mol. The highest BCUT2D eigenvalue weighted by Crippen LogP contribution is 2.32. The third-order valence-electron chi connectivity index (χ3n) is 7.44. The van der Waals surface area contributed by atoms with Gasteiger partial charge in [-0.05, 0) is 31.4 Å². The number of thioether (sulfide) groups is 2. The molecule has 242 valence electrons. The van der Waals surface area contributed by atoms with Crippen LogP contribution in [-0.4, -0.2) is 62.1 Å². The Hall–Kier alpha value is -2.96. The van der Waals surface area contributed by atoms with Crippen molar-refractivity contribution >= 4 is 62.8 Å². The van der Waals surface area contributed by atoms with Crippen LogP contribution in [0.15, 0.2) is 52.9 Å². The quantitative estimate of drug-likeness (QED) is 0.169. The van der Waals surface area contributed by atoms with E-state index in [0.29, 0.717) is 40.1 Å². The molecule has 4 bridgehead atoms. The Morgan fingerprint density at radius 2 is 1.96 bits per heavy atom. The summed E-state index contributed by atoms with van der Waals surface area (Å²) in [5.41, 5.74) is 0.455. The van der Waals surface area contributed by atoms with Crippen molar-refractivity contribution < 1.29 is 23.9 Å². The number of unbranched alkanes of at least 4 members (excludes halogenated alkanes) is 4. The standard InChI is InChI=1S/C33H42N4O5S3/c1-3-4-5-6-10-16-29(39)43-17-12-11-15-24-19-27(38)34-20-28-35-26(21-44-28)30-37-33(2,22-45-30)32(41)36-25(31(40)42-24)18-23-13-8-7-9-14-23/h7-9,11,13-15,21,24-25H,3-6,10,12,16-20,22H2,1-2H3,(H,34,38)(H,36,41)/b15-11-/t24-,25?,33+/m1/s1. The topological polar surface area (TPSA) is 127 Å². The molecule has 3 heterocycles. The molecule has 2 aliphatic heterocycles. The molecule has 1 aromatic heterocycles. The smallest absolute Gasteiger partial charge is 0.329 e. The third kappa shape index (κ3) is 11.1. The van der Waals surface area contributed by atoms with Crippen LogP contribution in [0.1, 0.15) is 81.5 Å². The van der Waals surface area contributed by atoms with E-state index >= 15 is 0 Å². The number of carbonyl (C=O) groups excluding carboxylic acids is 4. The Bertz CT molecular complexity index is 1380. The number of esters is 1. The molecular weight excluding hydrogens is 629 g/mol. The first-order valence-electron chi connectivity index (χ1n) is 15.6. The molecule has 0 fully saturated rings. The molecule has 1 aromatic carbocycles. The number of cyclic esters (lactones) is 1. The Morgan fingerprint density at radius 1 is 1.16 bits per heavy atom. The highest BCUT2D eigenvalue weighted by atomic mass is 32.2. The average molecular weight is 671 g/mol. The minimum Gasteiger partial charge on any atom is -0.456 e. The lowest BCUT2D eigenvalue weighted by Crippen LogP contribution is -2.52. The normalized spacial score (nSPS) is 22.5. The summed E-state index contributed by atoms with van der Waals surface area (Å²) in [6.07, 6.45) is 9.54. The number of nitrogens with one attached hydrogen (secondary N) is 2. The van der Waals surface area contributed by atoms with E-state index in [1.54, 1.807) is 13.0 Å². The summed E-state index contributed by atoms with van der Waals surface area (Å²) in [5.74, 6) is -0.277. The van der Waals surface area contributed by atoms with Crippen molar-refractivity contribution in [2.75, 3.05) is 11.5 Å². The molecule has 2 aliphatic rings. The van der Waals surface area contributed by atoms with Crippen molar-refractivity contribution in [3.05, 3.63) is 64.1 Å². The summed E-state index contributed by atoms with van der Waals surface area (Å²) in [7, 11) is 0. The van der Waals surface area contributed by atoms with E-state index in [-0.39, 0.29) is 36.3 Å². The van der Waals surface area contributed by atoms with Crippen LogP contribution in [0.3, 0.4) is 0 Å². The van der Waals surface area contributed by atoms with Gasteiger partial charge < -0.3 is 15.4 Å². The minimum atomic E-state index is -1.08. The Kier molecular flexibility index (Phi) is 13.7. The van der Waals surface area contributed by atoms with Crippen LogP contribution >= 0.6 is 34.9 Å². The largest absolute Gasteiger partial charge is 0.456 e. The van der Waals surface area contributed by atoms with Gasteiger partial charge in [-0.2, -0.15) is 0 Å².